The van der Waals surface area contributed by atoms with Gasteiger partial charge in [0.05, 0.1) is 0 Å². The SMILES string of the molecule is C=CCc1c(/C=C(\C)c2cc(C3(C(/C=C\CCC)=C/C/C(C)=C(\C=C)c4cc(C(C)(C)C)cc(C(C)(C)C)c4CC=C)CCCCC3)cc(C(C)(C)C)c2CC=C)cc(C(C)(C)C)cc1C(C)(C)C.CC.CCC. The summed E-state index contributed by atoms with van der Waals surface area (Å²) in [4.78, 5) is 0. The Morgan fingerprint density at radius 3 is 1.45 bits per heavy atom. The molecule has 0 bridgehead atoms. The molecular weight excluding hydrogens is 889 g/mol. The molecule has 0 spiro atoms. The first kappa shape index (κ1) is 65.7. The molecular formula is C74H112. The normalized spacial score (nSPS) is 15.1. The Bertz CT molecular complexity index is 2470. The first-order valence-corrected chi connectivity index (χ1v) is 29.2. The monoisotopic (exact) mass is 1000 g/mol. The molecule has 0 radical (unpaired) electrons. The van der Waals surface area contributed by atoms with Crippen LogP contribution < -0.4 is 0 Å². The highest BCUT2D eigenvalue weighted by atomic mass is 14.4. The Labute approximate surface area is 459 Å². The molecule has 0 amide bonds. The van der Waals surface area contributed by atoms with Crippen LogP contribution >= 0.6 is 0 Å². The van der Waals surface area contributed by atoms with E-state index < -0.39 is 0 Å². The van der Waals surface area contributed by atoms with Gasteiger partial charge in [-0.25, -0.2) is 0 Å². The van der Waals surface area contributed by atoms with Gasteiger partial charge in [-0.15, -0.1) is 19.7 Å². The summed E-state index contributed by atoms with van der Waals surface area (Å²) < 4.78 is 0. The van der Waals surface area contributed by atoms with Gasteiger partial charge in [0.1, 0.15) is 0 Å². The van der Waals surface area contributed by atoms with Gasteiger partial charge in [0.2, 0.25) is 0 Å². The first-order chi connectivity index (χ1) is 34.4. The molecule has 1 saturated carbocycles. The molecule has 1 fully saturated rings. The van der Waals surface area contributed by atoms with Crippen molar-refractivity contribution < 1.29 is 0 Å². The van der Waals surface area contributed by atoms with Crippen molar-refractivity contribution >= 4 is 17.2 Å². The summed E-state index contributed by atoms with van der Waals surface area (Å²) in [6, 6.07) is 15.1. The van der Waals surface area contributed by atoms with Crippen molar-refractivity contribution in [2.45, 2.75) is 262 Å². The summed E-state index contributed by atoms with van der Waals surface area (Å²) in [6.07, 6.45) is 31.3. The molecule has 408 valence electrons. The Kier molecular flexibility index (Phi) is 24.9. The predicted octanol–water partition coefficient (Wildman–Crippen LogP) is 22.9. The van der Waals surface area contributed by atoms with E-state index >= 15 is 0 Å². The lowest BCUT2D eigenvalue weighted by molar-refractivity contribution is 0.343. The highest BCUT2D eigenvalue weighted by Gasteiger charge is 2.38. The van der Waals surface area contributed by atoms with E-state index in [0.29, 0.717) is 0 Å². The molecule has 0 heteroatoms. The number of rotatable bonds is 17. The van der Waals surface area contributed by atoms with Crippen LogP contribution in [0.25, 0.3) is 17.2 Å². The third-order valence-electron chi connectivity index (χ3n) is 14.9. The van der Waals surface area contributed by atoms with Gasteiger partial charge in [0.15, 0.2) is 0 Å². The lowest BCUT2D eigenvalue weighted by Crippen LogP contribution is -2.32. The van der Waals surface area contributed by atoms with Crippen LogP contribution in [-0.4, -0.2) is 0 Å². The molecule has 3 aromatic carbocycles. The molecule has 3 aromatic rings. The number of hydrogen-bond donors (Lipinski definition) is 0. The maximum Gasteiger partial charge on any atom is 0.0200 e. The van der Waals surface area contributed by atoms with E-state index in [2.05, 4.69) is 250 Å². The van der Waals surface area contributed by atoms with Crippen LogP contribution in [0.5, 0.6) is 0 Å². The van der Waals surface area contributed by atoms with Crippen molar-refractivity contribution in [2.24, 2.45) is 0 Å². The molecule has 0 nitrogen and oxygen atoms in total. The summed E-state index contributed by atoms with van der Waals surface area (Å²) in [5.41, 5.74) is 21.8. The van der Waals surface area contributed by atoms with Crippen molar-refractivity contribution in [3.05, 3.63) is 183 Å². The zero-order valence-corrected chi connectivity index (χ0v) is 52.4. The Hall–Kier alpha value is -4.42. The van der Waals surface area contributed by atoms with E-state index in [-0.39, 0.29) is 32.5 Å². The van der Waals surface area contributed by atoms with Crippen LogP contribution in [0.4, 0.5) is 0 Å². The van der Waals surface area contributed by atoms with E-state index in [1.807, 2.05) is 13.8 Å². The average molecular weight is 1000 g/mol. The van der Waals surface area contributed by atoms with Gasteiger partial charge in [-0.3, -0.25) is 0 Å². The minimum Gasteiger partial charge on any atom is -0.103 e. The fourth-order valence-electron chi connectivity index (χ4n) is 10.9. The molecule has 1 aliphatic rings. The van der Waals surface area contributed by atoms with Crippen LogP contribution in [0.3, 0.4) is 0 Å². The van der Waals surface area contributed by atoms with Gasteiger partial charge in [-0.05, 0) is 169 Å². The zero-order chi connectivity index (χ0) is 56.6. The summed E-state index contributed by atoms with van der Waals surface area (Å²) in [6.45, 7) is 68.0. The number of allylic oxidation sites excluding steroid dienone is 11. The van der Waals surface area contributed by atoms with Crippen LogP contribution in [0.15, 0.2) is 116 Å². The van der Waals surface area contributed by atoms with E-state index in [9.17, 15) is 0 Å². The minimum atomic E-state index is -0.127. The standard InChI is InChI=1S/C69H98.C3H8.C2H6/c1-23-28-30-36-51(38-37-48(6)55(27-5)60-43-53(65(11,12)13)46-62(67(17,18)19)58(60)35-26-4)69(39-31-29-32-40-69)54-44-59(57(34-25-3)63(47-54)68(20,21)22)49(7)41-50-42-52(64(8,9)10)45-61(66(14,15)16)56(50)33-24-2;1-3-2;1-2/h24-27,30,36,38,41-47H,2-5,23,28-29,31-35,37,39-40H2,1,6-22H3;3H2,1-2H3;1-2H3/b36-30-,49-41+,51-38+,55-48+;;. The van der Waals surface area contributed by atoms with Gasteiger partial charge >= 0.3 is 0 Å². The molecule has 0 aliphatic heterocycles. The van der Waals surface area contributed by atoms with Crippen molar-refractivity contribution in [3.63, 3.8) is 0 Å². The minimum absolute atomic E-state index is 0.00535. The van der Waals surface area contributed by atoms with Crippen molar-refractivity contribution in [3.8, 4) is 0 Å². The highest BCUT2D eigenvalue weighted by Crippen LogP contribution is 2.49. The summed E-state index contributed by atoms with van der Waals surface area (Å²) in [5, 5.41) is 0. The zero-order valence-electron chi connectivity index (χ0n) is 52.4. The van der Waals surface area contributed by atoms with Crippen molar-refractivity contribution in [1.82, 2.24) is 0 Å². The quantitative estimate of drug-likeness (QED) is 0.0718. The van der Waals surface area contributed by atoms with Gasteiger partial charge in [-0.2, -0.15) is 0 Å². The van der Waals surface area contributed by atoms with E-state index in [0.717, 1.165) is 51.4 Å². The third-order valence-corrected chi connectivity index (χ3v) is 14.9. The topological polar surface area (TPSA) is 0 Å². The second kappa shape index (κ2) is 28.1. The number of benzene rings is 3. The lowest BCUT2D eigenvalue weighted by Gasteiger charge is -2.41. The van der Waals surface area contributed by atoms with Crippen LogP contribution in [-0.2, 0) is 51.8 Å². The fourth-order valence-corrected chi connectivity index (χ4v) is 10.9. The van der Waals surface area contributed by atoms with Gasteiger partial charge < -0.3 is 0 Å². The predicted molar refractivity (Wildman–Crippen MR) is 340 cm³/mol. The highest BCUT2D eigenvalue weighted by molar-refractivity contribution is 5.85. The van der Waals surface area contributed by atoms with E-state index in [4.69, 9.17) is 0 Å². The molecule has 0 aromatic heterocycles. The van der Waals surface area contributed by atoms with Crippen molar-refractivity contribution in [1.29, 1.82) is 0 Å². The largest absolute Gasteiger partial charge is 0.103 e. The maximum atomic E-state index is 4.51. The van der Waals surface area contributed by atoms with Gasteiger partial charge in [-0.1, -0.05) is 268 Å². The molecule has 74 heavy (non-hydrogen) atoms. The first-order valence-electron chi connectivity index (χ1n) is 29.2. The number of unbranched alkanes of at least 4 members (excludes halogenated alkanes) is 1. The third kappa shape index (κ3) is 17.0. The number of hydrogen-bond acceptors (Lipinski definition) is 0. The molecule has 1 aliphatic carbocycles. The van der Waals surface area contributed by atoms with E-state index in [1.54, 1.807) is 0 Å². The summed E-state index contributed by atoms with van der Waals surface area (Å²) in [5.74, 6) is 0. The van der Waals surface area contributed by atoms with Crippen LogP contribution in [0.1, 0.15) is 277 Å². The Morgan fingerprint density at radius 1 is 0.554 bits per heavy atom. The van der Waals surface area contributed by atoms with E-state index in [1.165, 1.54) is 115 Å². The molecule has 0 heterocycles. The Morgan fingerprint density at radius 2 is 1.00 bits per heavy atom. The molecule has 0 atom stereocenters. The van der Waals surface area contributed by atoms with Gasteiger partial charge in [0, 0.05) is 5.41 Å². The second-order valence-corrected chi connectivity index (χ2v) is 26.5. The summed E-state index contributed by atoms with van der Waals surface area (Å²) in [7, 11) is 0. The maximum absolute atomic E-state index is 4.51. The Balaban J connectivity index is 0.00000361. The average Bonchev–Trinajstić information content (AvgIpc) is 3.30. The van der Waals surface area contributed by atoms with Crippen molar-refractivity contribution in [2.75, 3.05) is 0 Å². The fraction of sp³-hybridized carbons (Fsp3) is 0.541. The molecule has 0 unspecified atom stereocenters. The molecule has 0 N–H and O–H groups in total. The second-order valence-electron chi connectivity index (χ2n) is 26.5. The lowest BCUT2D eigenvalue weighted by atomic mass is 9.62. The summed E-state index contributed by atoms with van der Waals surface area (Å²) >= 11 is 0. The van der Waals surface area contributed by atoms with Crippen LogP contribution in [0, 0.1) is 0 Å². The molecule has 0 saturated heterocycles. The smallest absolute Gasteiger partial charge is 0.0200 e. The van der Waals surface area contributed by atoms with Gasteiger partial charge in [0.25, 0.3) is 0 Å². The molecule has 4 rings (SSSR count). The van der Waals surface area contributed by atoms with Crippen LogP contribution in [0.2, 0.25) is 0 Å².